The standard InChI is InChI=1S/C18H23N5O2/c19-17(24)18-20-16(25-21-18)12-23-10-14-6-7-15(23)11-22(9-14)8-13-4-2-1-3-5-13/h1-5,14-15H,6-12H2,(H2,19,24)/t14-,15+/m0/s1. The van der Waals surface area contributed by atoms with Crippen molar-refractivity contribution in [2.24, 2.45) is 11.7 Å². The fraction of sp³-hybridized carbons (Fsp3) is 0.500. The van der Waals surface area contributed by atoms with Crippen molar-refractivity contribution in [3.8, 4) is 0 Å². The summed E-state index contributed by atoms with van der Waals surface area (Å²) in [6, 6.07) is 11.1. The molecule has 3 aliphatic heterocycles. The molecule has 2 aromatic rings. The molecule has 132 valence electrons. The van der Waals surface area contributed by atoms with E-state index in [0.29, 0.717) is 24.4 Å². The van der Waals surface area contributed by atoms with Crippen LogP contribution in [0, 0.1) is 5.92 Å². The van der Waals surface area contributed by atoms with Crippen LogP contribution in [0.2, 0.25) is 0 Å². The number of piperidine rings is 1. The van der Waals surface area contributed by atoms with Crippen LogP contribution < -0.4 is 5.73 Å². The van der Waals surface area contributed by atoms with Crippen LogP contribution in [0.1, 0.15) is 34.9 Å². The normalized spacial score (nSPS) is 24.3. The fourth-order valence-corrected chi connectivity index (χ4v) is 4.03. The molecular weight excluding hydrogens is 318 g/mol. The predicted octanol–water partition coefficient (Wildman–Crippen LogP) is 1.26. The van der Waals surface area contributed by atoms with E-state index in [0.717, 1.165) is 26.2 Å². The number of carbonyl (C=O) groups excluding carboxylic acids is 1. The lowest BCUT2D eigenvalue weighted by Crippen LogP contribution is -2.43. The Morgan fingerprint density at radius 2 is 2.00 bits per heavy atom. The summed E-state index contributed by atoms with van der Waals surface area (Å²) in [6.07, 6.45) is 2.45. The topological polar surface area (TPSA) is 88.5 Å². The molecular formula is C18H23N5O2. The van der Waals surface area contributed by atoms with Crippen molar-refractivity contribution in [3.05, 3.63) is 47.6 Å². The molecule has 2 atom stereocenters. The van der Waals surface area contributed by atoms with Crippen molar-refractivity contribution in [2.75, 3.05) is 19.6 Å². The zero-order valence-electron chi connectivity index (χ0n) is 14.2. The second-order valence-electron chi connectivity index (χ2n) is 7.08. The van der Waals surface area contributed by atoms with E-state index >= 15 is 0 Å². The van der Waals surface area contributed by atoms with Crippen molar-refractivity contribution >= 4 is 5.91 Å². The van der Waals surface area contributed by atoms with Crippen molar-refractivity contribution < 1.29 is 9.32 Å². The molecule has 7 heteroatoms. The van der Waals surface area contributed by atoms with Gasteiger partial charge >= 0.3 is 0 Å². The van der Waals surface area contributed by atoms with Crippen molar-refractivity contribution in [1.29, 1.82) is 0 Å². The SMILES string of the molecule is NC(=O)c1noc(CN2C[C@H]3CC[C@@H]2CN(Cc2ccccc2)C3)n1. The summed E-state index contributed by atoms with van der Waals surface area (Å²) in [7, 11) is 0. The maximum absolute atomic E-state index is 11.1. The van der Waals surface area contributed by atoms with Crippen molar-refractivity contribution in [2.45, 2.75) is 32.0 Å². The monoisotopic (exact) mass is 341 g/mol. The zero-order valence-corrected chi connectivity index (χ0v) is 14.2. The quantitative estimate of drug-likeness (QED) is 0.881. The number of hydrogen-bond donors (Lipinski definition) is 1. The van der Waals surface area contributed by atoms with E-state index in [1.54, 1.807) is 0 Å². The number of primary amides is 1. The smallest absolute Gasteiger partial charge is 0.290 e. The van der Waals surface area contributed by atoms with Gasteiger partial charge in [0.25, 0.3) is 11.7 Å². The molecule has 1 amide bonds. The van der Waals surface area contributed by atoms with E-state index in [1.165, 1.54) is 18.4 Å². The molecule has 0 unspecified atom stereocenters. The molecule has 0 spiro atoms. The highest BCUT2D eigenvalue weighted by atomic mass is 16.5. The maximum atomic E-state index is 11.1. The molecule has 5 rings (SSSR count). The highest BCUT2D eigenvalue weighted by Gasteiger charge is 2.35. The van der Waals surface area contributed by atoms with Crippen LogP contribution in [0.25, 0.3) is 0 Å². The van der Waals surface area contributed by atoms with Gasteiger partial charge in [-0.3, -0.25) is 14.6 Å². The van der Waals surface area contributed by atoms with Crippen molar-refractivity contribution in [3.63, 3.8) is 0 Å². The summed E-state index contributed by atoms with van der Waals surface area (Å²) >= 11 is 0. The number of amides is 1. The largest absolute Gasteiger partial charge is 0.363 e. The van der Waals surface area contributed by atoms with Crippen LogP contribution >= 0.6 is 0 Å². The Morgan fingerprint density at radius 1 is 1.16 bits per heavy atom. The molecule has 0 radical (unpaired) electrons. The van der Waals surface area contributed by atoms with Gasteiger partial charge in [-0.2, -0.15) is 4.98 Å². The third-order valence-electron chi connectivity index (χ3n) is 5.18. The number of nitrogens with two attached hydrogens (primary N) is 1. The number of carbonyl (C=O) groups is 1. The Balaban J connectivity index is 1.43. The number of benzene rings is 1. The molecule has 4 heterocycles. The maximum Gasteiger partial charge on any atom is 0.290 e. The highest BCUT2D eigenvalue weighted by molar-refractivity contribution is 5.88. The van der Waals surface area contributed by atoms with Gasteiger partial charge in [-0.1, -0.05) is 35.5 Å². The lowest BCUT2D eigenvalue weighted by molar-refractivity contribution is 0.0987. The predicted molar refractivity (Wildman–Crippen MR) is 91.5 cm³/mol. The first-order chi connectivity index (χ1) is 12.2. The molecule has 25 heavy (non-hydrogen) atoms. The molecule has 1 aromatic carbocycles. The van der Waals surface area contributed by atoms with Gasteiger partial charge < -0.3 is 10.3 Å². The van der Waals surface area contributed by atoms with Crippen molar-refractivity contribution in [1.82, 2.24) is 19.9 Å². The summed E-state index contributed by atoms with van der Waals surface area (Å²) in [5, 5.41) is 3.64. The number of rotatable bonds is 5. The van der Waals surface area contributed by atoms with Gasteiger partial charge in [-0.15, -0.1) is 0 Å². The summed E-state index contributed by atoms with van der Waals surface area (Å²) in [4.78, 5) is 20.2. The Morgan fingerprint density at radius 3 is 2.76 bits per heavy atom. The molecule has 7 nitrogen and oxygen atoms in total. The minimum atomic E-state index is -0.651. The van der Waals surface area contributed by atoms with Gasteiger partial charge in [-0.25, -0.2) is 0 Å². The molecule has 2 N–H and O–H groups in total. The summed E-state index contributed by atoms with van der Waals surface area (Å²) < 4.78 is 5.18. The van der Waals surface area contributed by atoms with E-state index in [1.807, 2.05) is 0 Å². The molecule has 0 saturated carbocycles. The Hall–Kier alpha value is -2.25. The van der Waals surface area contributed by atoms with E-state index in [-0.39, 0.29) is 5.82 Å². The molecule has 2 bridgehead atoms. The van der Waals surface area contributed by atoms with E-state index < -0.39 is 5.91 Å². The van der Waals surface area contributed by atoms with Gasteiger partial charge in [0.2, 0.25) is 5.89 Å². The zero-order chi connectivity index (χ0) is 17.2. The lowest BCUT2D eigenvalue weighted by Gasteiger charge is -2.35. The van der Waals surface area contributed by atoms with Gasteiger partial charge in [0, 0.05) is 32.2 Å². The Kier molecular flexibility index (Phi) is 4.50. The molecule has 3 saturated heterocycles. The molecule has 3 fully saturated rings. The van der Waals surface area contributed by atoms with Crippen LogP contribution in [0.15, 0.2) is 34.9 Å². The molecule has 1 aromatic heterocycles. The number of fused-ring (bicyclic) bond motifs is 4. The van der Waals surface area contributed by atoms with E-state index in [9.17, 15) is 4.79 Å². The van der Waals surface area contributed by atoms with E-state index in [4.69, 9.17) is 10.3 Å². The van der Waals surface area contributed by atoms with E-state index in [2.05, 4.69) is 50.3 Å². The van der Waals surface area contributed by atoms with Gasteiger partial charge in [0.15, 0.2) is 0 Å². The third kappa shape index (κ3) is 3.72. The van der Waals surface area contributed by atoms with Crippen LogP contribution in [0.3, 0.4) is 0 Å². The minimum absolute atomic E-state index is 0.0410. The Labute approximate surface area is 146 Å². The number of nitrogens with zero attached hydrogens (tertiary/aromatic N) is 4. The third-order valence-corrected chi connectivity index (χ3v) is 5.18. The average Bonchev–Trinajstić information content (AvgIpc) is 2.91. The minimum Gasteiger partial charge on any atom is -0.363 e. The number of hydrogen-bond acceptors (Lipinski definition) is 6. The second kappa shape index (κ2) is 6.93. The second-order valence-corrected chi connectivity index (χ2v) is 7.08. The highest BCUT2D eigenvalue weighted by Crippen LogP contribution is 2.29. The first kappa shape index (κ1) is 16.2. The van der Waals surface area contributed by atoms with Crippen LogP contribution in [0.5, 0.6) is 0 Å². The first-order valence-electron chi connectivity index (χ1n) is 8.80. The van der Waals surface area contributed by atoms with Gasteiger partial charge in [0.05, 0.1) is 6.54 Å². The summed E-state index contributed by atoms with van der Waals surface area (Å²) in [6.45, 7) is 4.78. The average molecular weight is 341 g/mol. The molecule has 0 aliphatic carbocycles. The summed E-state index contributed by atoms with van der Waals surface area (Å²) in [5.74, 6) is 0.430. The summed E-state index contributed by atoms with van der Waals surface area (Å²) in [5.41, 5.74) is 6.55. The van der Waals surface area contributed by atoms with Gasteiger partial charge in [0.1, 0.15) is 0 Å². The number of aromatic nitrogens is 2. The van der Waals surface area contributed by atoms with Gasteiger partial charge in [-0.05, 0) is 24.3 Å². The fourth-order valence-electron chi connectivity index (χ4n) is 4.03. The molecule has 3 aliphatic rings. The van der Waals surface area contributed by atoms with Crippen LogP contribution in [-0.2, 0) is 13.1 Å². The lowest BCUT2D eigenvalue weighted by atomic mass is 9.95. The van der Waals surface area contributed by atoms with Crippen LogP contribution in [0.4, 0.5) is 0 Å². The van der Waals surface area contributed by atoms with Crippen LogP contribution in [-0.4, -0.2) is 51.5 Å². The Bertz CT molecular complexity index is 732. The first-order valence-corrected chi connectivity index (χ1v) is 8.80.